The number of aryl methyl sites for hydroxylation is 2. The fraction of sp³-hybridized carbons (Fsp3) is 0.346. The molecule has 3 heterocycles. The number of nitrogens with zero attached hydrogens (tertiary/aromatic N) is 4. The minimum absolute atomic E-state index is 0.0117. The molecule has 0 aliphatic carbocycles. The van der Waals surface area contributed by atoms with Crippen molar-refractivity contribution in [2.45, 2.75) is 39.3 Å². The highest BCUT2D eigenvalue weighted by atomic mass is 32.1. The van der Waals surface area contributed by atoms with E-state index in [0.717, 1.165) is 23.1 Å². The lowest BCUT2D eigenvalue weighted by Gasteiger charge is -2.33. The number of carbonyl (C=O) groups excluding carboxylic acids is 2. The van der Waals surface area contributed by atoms with Gasteiger partial charge in [-0.15, -0.1) is 11.3 Å². The summed E-state index contributed by atoms with van der Waals surface area (Å²) < 4.78 is 1.76. The lowest BCUT2D eigenvalue weighted by atomic mass is 9.83. The highest BCUT2D eigenvalue weighted by Crippen LogP contribution is 2.42. The van der Waals surface area contributed by atoms with E-state index in [0.29, 0.717) is 25.3 Å². The number of carbonyl (C=O) groups is 2. The van der Waals surface area contributed by atoms with Crippen molar-refractivity contribution in [1.82, 2.24) is 19.6 Å². The van der Waals surface area contributed by atoms with Gasteiger partial charge in [-0.25, -0.2) is 0 Å². The zero-order valence-electron chi connectivity index (χ0n) is 19.7. The third-order valence-corrected chi connectivity index (χ3v) is 7.49. The Balaban J connectivity index is 1.89. The van der Waals surface area contributed by atoms with E-state index >= 15 is 0 Å². The number of benzene rings is 1. The minimum atomic E-state index is -0.0734. The van der Waals surface area contributed by atoms with E-state index in [9.17, 15) is 9.59 Å². The van der Waals surface area contributed by atoms with Crippen LogP contribution in [0.4, 0.5) is 0 Å². The molecule has 2 aromatic heterocycles. The van der Waals surface area contributed by atoms with Crippen molar-refractivity contribution in [2.24, 2.45) is 0 Å². The van der Waals surface area contributed by atoms with E-state index in [1.165, 1.54) is 21.4 Å². The molecule has 1 aromatic carbocycles. The van der Waals surface area contributed by atoms with E-state index in [2.05, 4.69) is 36.8 Å². The molecule has 4 rings (SSSR count). The van der Waals surface area contributed by atoms with Crippen LogP contribution in [0.1, 0.15) is 51.1 Å². The molecule has 0 bridgehead atoms. The van der Waals surface area contributed by atoms with Crippen molar-refractivity contribution >= 4 is 23.2 Å². The number of fused-ring (bicyclic) bond motifs is 1. The predicted molar refractivity (Wildman–Crippen MR) is 133 cm³/mol. The Kier molecular flexibility index (Phi) is 6.51. The Labute approximate surface area is 199 Å². The van der Waals surface area contributed by atoms with Crippen molar-refractivity contribution in [3.05, 3.63) is 75.8 Å². The summed E-state index contributed by atoms with van der Waals surface area (Å²) >= 11 is 1.78. The molecule has 33 heavy (non-hydrogen) atoms. The number of aromatic nitrogens is 2. The average molecular weight is 463 g/mol. The molecule has 1 aliphatic rings. The van der Waals surface area contributed by atoms with Crippen molar-refractivity contribution in [3.63, 3.8) is 0 Å². The molecule has 0 N–H and O–H groups in total. The number of rotatable bonds is 6. The molecule has 3 aromatic rings. The lowest BCUT2D eigenvalue weighted by Crippen LogP contribution is -2.37. The Morgan fingerprint density at radius 1 is 1.21 bits per heavy atom. The largest absolute Gasteiger partial charge is 0.343 e. The van der Waals surface area contributed by atoms with Crippen molar-refractivity contribution < 1.29 is 9.59 Å². The van der Waals surface area contributed by atoms with Crippen LogP contribution in [0.15, 0.2) is 49.2 Å². The standard InChI is InChI=1S/C26H30N4O2S/c1-6-17-13-20-22(15-29(24(31)7-2)16-23(20)33-17)19-12-10-9-11-18(19)21-14-27-30(8-3)25(21)26(32)28(4)5/h7,9-14,22H,2,6,8,15-16H2,1,3-5H3/t22-/m0/s1. The third-order valence-electron chi connectivity index (χ3n) is 6.21. The molecular weight excluding hydrogens is 432 g/mol. The van der Waals surface area contributed by atoms with E-state index in [1.54, 1.807) is 41.2 Å². The maximum atomic E-state index is 13.1. The maximum Gasteiger partial charge on any atom is 0.272 e. The van der Waals surface area contributed by atoms with Gasteiger partial charge in [0.1, 0.15) is 5.69 Å². The van der Waals surface area contributed by atoms with Crippen molar-refractivity contribution in [1.29, 1.82) is 0 Å². The highest BCUT2D eigenvalue weighted by molar-refractivity contribution is 7.12. The fourth-order valence-corrected chi connectivity index (χ4v) is 5.70. The van der Waals surface area contributed by atoms with Crippen LogP contribution in [0.25, 0.3) is 11.1 Å². The van der Waals surface area contributed by atoms with Gasteiger partial charge in [0.15, 0.2) is 0 Å². The topological polar surface area (TPSA) is 58.4 Å². The summed E-state index contributed by atoms with van der Waals surface area (Å²) in [6, 6.07) is 10.5. The Morgan fingerprint density at radius 3 is 2.64 bits per heavy atom. The summed E-state index contributed by atoms with van der Waals surface area (Å²) in [6.45, 7) is 9.64. The van der Waals surface area contributed by atoms with Crippen LogP contribution in [0.2, 0.25) is 0 Å². The van der Waals surface area contributed by atoms with Crippen molar-refractivity contribution in [3.8, 4) is 11.1 Å². The van der Waals surface area contributed by atoms with E-state index in [4.69, 9.17) is 0 Å². The first-order valence-corrected chi connectivity index (χ1v) is 12.1. The molecule has 0 radical (unpaired) electrons. The van der Waals surface area contributed by atoms with Crippen LogP contribution >= 0.6 is 11.3 Å². The normalized spacial score (nSPS) is 15.3. The van der Waals surface area contributed by atoms with Crippen LogP contribution < -0.4 is 0 Å². The highest BCUT2D eigenvalue weighted by Gasteiger charge is 2.33. The average Bonchev–Trinajstić information content (AvgIpc) is 3.46. The van der Waals surface area contributed by atoms with Crippen LogP contribution in [0, 0.1) is 0 Å². The van der Waals surface area contributed by atoms with E-state index in [-0.39, 0.29) is 17.7 Å². The number of amides is 2. The van der Waals surface area contributed by atoms with Crippen molar-refractivity contribution in [2.75, 3.05) is 20.6 Å². The zero-order valence-corrected chi connectivity index (χ0v) is 20.5. The molecule has 0 unspecified atom stereocenters. The Bertz CT molecular complexity index is 1210. The van der Waals surface area contributed by atoms with Gasteiger partial charge in [0.05, 0.1) is 12.7 Å². The molecule has 0 saturated heterocycles. The zero-order chi connectivity index (χ0) is 23.7. The first-order chi connectivity index (χ1) is 15.9. The monoisotopic (exact) mass is 462 g/mol. The predicted octanol–water partition coefficient (Wildman–Crippen LogP) is 4.56. The molecule has 1 aliphatic heterocycles. The van der Waals surface area contributed by atoms with Gasteiger partial charge in [-0.1, -0.05) is 37.8 Å². The van der Waals surface area contributed by atoms with Gasteiger partial charge in [0, 0.05) is 48.4 Å². The first-order valence-electron chi connectivity index (χ1n) is 11.3. The second-order valence-corrected chi connectivity index (χ2v) is 9.65. The molecule has 7 heteroatoms. The molecule has 1 atom stereocenters. The third kappa shape index (κ3) is 4.13. The Morgan fingerprint density at radius 2 is 1.97 bits per heavy atom. The Hall–Kier alpha value is -3.19. The van der Waals surface area contributed by atoms with Gasteiger partial charge in [-0.05, 0) is 42.2 Å². The fourth-order valence-electron chi connectivity index (χ4n) is 4.52. The molecule has 0 spiro atoms. The van der Waals surface area contributed by atoms with Crippen LogP contribution in [0.5, 0.6) is 0 Å². The molecule has 0 saturated carbocycles. The minimum Gasteiger partial charge on any atom is -0.343 e. The molecule has 172 valence electrons. The van der Waals surface area contributed by atoms with Gasteiger partial charge in [0.2, 0.25) is 5.91 Å². The molecule has 2 amide bonds. The summed E-state index contributed by atoms with van der Waals surface area (Å²) in [7, 11) is 3.52. The summed E-state index contributed by atoms with van der Waals surface area (Å²) in [5.41, 5.74) is 4.77. The van der Waals surface area contributed by atoms with E-state index < -0.39 is 0 Å². The molecule has 0 fully saturated rings. The maximum absolute atomic E-state index is 13.1. The summed E-state index contributed by atoms with van der Waals surface area (Å²) in [5.74, 6) is -0.120. The number of hydrogen-bond acceptors (Lipinski definition) is 4. The molecular formula is C26H30N4O2S. The van der Waals surface area contributed by atoms with Crippen LogP contribution in [0.3, 0.4) is 0 Å². The first kappa shape index (κ1) is 23.0. The number of thiophene rings is 1. The van der Waals surface area contributed by atoms with Gasteiger partial charge >= 0.3 is 0 Å². The second kappa shape index (κ2) is 9.35. The van der Waals surface area contributed by atoms with Gasteiger partial charge in [-0.3, -0.25) is 14.3 Å². The van der Waals surface area contributed by atoms with Crippen LogP contribution in [-0.4, -0.2) is 52.0 Å². The SMILES string of the molecule is C=CC(=O)N1Cc2sc(CC)cc2[C@H](c2ccccc2-c2cnn(CC)c2C(=O)N(C)C)C1. The van der Waals surface area contributed by atoms with Gasteiger partial charge in [-0.2, -0.15) is 5.10 Å². The number of hydrogen-bond donors (Lipinski definition) is 0. The molecule has 6 nitrogen and oxygen atoms in total. The second-order valence-electron chi connectivity index (χ2n) is 8.43. The summed E-state index contributed by atoms with van der Waals surface area (Å²) in [4.78, 5) is 31.7. The summed E-state index contributed by atoms with van der Waals surface area (Å²) in [5, 5.41) is 4.51. The van der Waals surface area contributed by atoms with Gasteiger partial charge in [0.25, 0.3) is 5.91 Å². The quantitative estimate of drug-likeness (QED) is 0.505. The smallest absolute Gasteiger partial charge is 0.272 e. The van der Waals surface area contributed by atoms with E-state index in [1.807, 2.05) is 24.0 Å². The van der Waals surface area contributed by atoms with Gasteiger partial charge < -0.3 is 9.80 Å². The summed E-state index contributed by atoms with van der Waals surface area (Å²) in [6.07, 6.45) is 4.15. The lowest BCUT2D eigenvalue weighted by molar-refractivity contribution is -0.127. The van der Waals surface area contributed by atoms with Crippen LogP contribution in [-0.2, 0) is 24.3 Å².